The Hall–Kier alpha value is -3.72. The van der Waals surface area contributed by atoms with Gasteiger partial charge in [0, 0.05) is 29.0 Å². The number of rotatable bonds is 4. The first kappa shape index (κ1) is 20.2. The molecule has 2 N–H and O–H groups in total. The highest BCUT2D eigenvalue weighted by Crippen LogP contribution is 2.40. The number of amides is 1. The number of anilines is 1. The SMILES string of the molecule is C1CC1.Cc1cccn1-c1c(F)c(Cl)c(-c2cn3cc(NC=O)nc3cn2)c2cn[nH]c12. The van der Waals surface area contributed by atoms with Gasteiger partial charge in [0.05, 0.1) is 34.8 Å². The molecule has 1 fully saturated rings. The first-order valence-electron chi connectivity index (χ1n) is 10.1. The molecule has 0 unspecified atom stereocenters. The predicted octanol–water partition coefficient (Wildman–Crippen LogP) is 4.90. The van der Waals surface area contributed by atoms with E-state index in [0.717, 1.165) is 5.69 Å². The monoisotopic (exact) mass is 451 g/mol. The van der Waals surface area contributed by atoms with E-state index in [1.807, 2.05) is 19.1 Å². The summed E-state index contributed by atoms with van der Waals surface area (Å²) in [6, 6.07) is 3.71. The minimum absolute atomic E-state index is 0.0554. The molecular weight excluding hydrogens is 433 g/mol. The van der Waals surface area contributed by atoms with E-state index in [1.54, 1.807) is 33.8 Å². The van der Waals surface area contributed by atoms with Gasteiger partial charge in [-0.05, 0) is 19.1 Å². The second-order valence-corrected chi connectivity index (χ2v) is 7.89. The topological polar surface area (TPSA) is 92.9 Å². The van der Waals surface area contributed by atoms with Crippen LogP contribution >= 0.6 is 11.6 Å². The lowest BCUT2D eigenvalue weighted by Gasteiger charge is -2.14. The fourth-order valence-corrected chi connectivity index (χ4v) is 3.74. The third-order valence-corrected chi connectivity index (χ3v) is 5.47. The van der Waals surface area contributed by atoms with Crippen LogP contribution in [0.3, 0.4) is 0 Å². The Morgan fingerprint density at radius 3 is 2.75 bits per heavy atom. The lowest BCUT2D eigenvalue weighted by molar-refractivity contribution is -0.105. The van der Waals surface area contributed by atoms with Crippen molar-refractivity contribution in [3.8, 4) is 16.9 Å². The van der Waals surface area contributed by atoms with Crippen molar-refractivity contribution in [2.75, 3.05) is 5.32 Å². The van der Waals surface area contributed by atoms with Gasteiger partial charge >= 0.3 is 0 Å². The van der Waals surface area contributed by atoms with Crippen LogP contribution in [0.25, 0.3) is 33.5 Å². The molecule has 6 rings (SSSR count). The second kappa shape index (κ2) is 8.08. The standard InChI is InChI=1S/C19H13ClFN7O.C3H6/c1-10-3-2-4-28(10)19-17(21)16(20)15(11-5-24-26-18(11)19)12-7-27-8-13(23-9-29)25-14(27)6-22-12;1-2-3-1/h2-9H,1H3,(H,23,29)(H,24,26);1-3H2. The third kappa shape index (κ3) is 3.50. The highest BCUT2D eigenvalue weighted by atomic mass is 35.5. The summed E-state index contributed by atoms with van der Waals surface area (Å²) in [6.45, 7) is 1.88. The van der Waals surface area contributed by atoms with Crippen LogP contribution in [0.15, 0.2) is 43.1 Å². The zero-order valence-electron chi connectivity index (χ0n) is 17.1. The van der Waals surface area contributed by atoms with E-state index < -0.39 is 5.82 Å². The number of carbonyl (C=O) groups is 1. The van der Waals surface area contributed by atoms with Gasteiger partial charge in [0.25, 0.3) is 0 Å². The van der Waals surface area contributed by atoms with E-state index in [0.29, 0.717) is 45.7 Å². The molecule has 1 aliphatic rings. The van der Waals surface area contributed by atoms with Gasteiger partial charge in [0.15, 0.2) is 17.3 Å². The maximum absolute atomic E-state index is 15.4. The molecule has 0 atom stereocenters. The first-order valence-corrected chi connectivity index (χ1v) is 10.5. The molecule has 10 heteroatoms. The molecule has 5 aromatic rings. The summed E-state index contributed by atoms with van der Waals surface area (Å²) in [5.41, 5.74) is 3.06. The largest absolute Gasteiger partial charge is 0.317 e. The van der Waals surface area contributed by atoms with E-state index in [9.17, 15) is 4.79 Å². The molecule has 0 bridgehead atoms. The van der Waals surface area contributed by atoms with Gasteiger partial charge in [0.1, 0.15) is 5.69 Å². The van der Waals surface area contributed by atoms with Crippen molar-refractivity contribution in [2.45, 2.75) is 26.2 Å². The number of aromatic amines is 1. The molecular formula is C22H19ClFN7O. The quantitative estimate of drug-likeness (QED) is 0.380. The van der Waals surface area contributed by atoms with Gasteiger partial charge in [-0.3, -0.25) is 14.9 Å². The molecule has 0 radical (unpaired) electrons. The maximum atomic E-state index is 15.4. The van der Waals surface area contributed by atoms with Crippen LogP contribution in [0.1, 0.15) is 25.0 Å². The molecule has 1 amide bonds. The van der Waals surface area contributed by atoms with Crippen molar-refractivity contribution in [3.05, 3.63) is 59.7 Å². The molecule has 1 aliphatic carbocycles. The molecule has 162 valence electrons. The Labute approximate surface area is 187 Å². The summed E-state index contributed by atoms with van der Waals surface area (Å²) >= 11 is 6.49. The summed E-state index contributed by atoms with van der Waals surface area (Å²) in [5, 5.41) is 10.0. The van der Waals surface area contributed by atoms with E-state index in [2.05, 4.69) is 25.5 Å². The molecule has 32 heavy (non-hydrogen) atoms. The van der Waals surface area contributed by atoms with Crippen molar-refractivity contribution >= 4 is 40.4 Å². The van der Waals surface area contributed by atoms with Gasteiger partial charge < -0.3 is 14.3 Å². The molecule has 1 aromatic carbocycles. The molecule has 8 nitrogen and oxygen atoms in total. The average Bonchev–Trinajstić information content (AvgIpc) is 3.34. The molecule has 4 heterocycles. The molecule has 4 aromatic heterocycles. The zero-order valence-corrected chi connectivity index (χ0v) is 17.9. The number of aryl methyl sites for hydroxylation is 1. The number of nitrogens with zero attached hydrogens (tertiary/aromatic N) is 5. The van der Waals surface area contributed by atoms with Gasteiger partial charge in [0.2, 0.25) is 6.41 Å². The third-order valence-electron chi connectivity index (χ3n) is 5.12. The van der Waals surface area contributed by atoms with Crippen LogP contribution in [-0.4, -0.2) is 35.5 Å². The number of nitrogens with one attached hydrogen (secondary N) is 2. The van der Waals surface area contributed by atoms with Crippen molar-refractivity contribution < 1.29 is 9.18 Å². The van der Waals surface area contributed by atoms with E-state index in [-0.39, 0.29) is 5.02 Å². The Bertz CT molecular complexity index is 1450. The summed E-state index contributed by atoms with van der Waals surface area (Å²) in [7, 11) is 0. The summed E-state index contributed by atoms with van der Waals surface area (Å²) < 4.78 is 18.8. The highest BCUT2D eigenvalue weighted by Gasteiger charge is 2.23. The Morgan fingerprint density at radius 1 is 1.25 bits per heavy atom. The van der Waals surface area contributed by atoms with Crippen LogP contribution in [0, 0.1) is 12.7 Å². The Morgan fingerprint density at radius 2 is 2.06 bits per heavy atom. The number of H-pyrrole nitrogens is 1. The number of hydrogen-bond donors (Lipinski definition) is 2. The fraction of sp³-hybridized carbons (Fsp3) is 0.182. The van der Waals surface area contributed by atoms with E-state index in [4.69, 9.17) is 11.6 Å². The Balaban J connectivity index is 0.000000666. The number of benzene rings is 1. The maximum Gasteiger partial charge on any atom is 0.212 e. The summed E-state index contributed by atoms with van der Waals surface area (Å²) in [5.74, 6) is -0.198. The van der Waals surface area contributed by atoms with E-state index in [1.165, 1.54) is 25.5 Å². The molecule has 0 spiro atoms. The average molecular weight is 452 g/mol. The van der Waals surface area contributed by atoms with Gasteiger partial charge in [-0.2, -0.15) is 5.10 Å². The molecule has 0 saturated heterocycles. The molecule has 1 saturated carbocycles. The Kier molecular flexibility index (Phi) is 5.10. The van der Waals surface area contributed by atoms with Crippen LogP contribution < -0.4 is 5.32 Å². The minimum Gasteiger partial charge on any atom is -0.317 e. The number of fused-ring (bicyclic) bond motifs is 2. The van der Waals surface area contributed by atoms with Crippen molar-refractivity contribution in [1.29, 1.82) is 0 Å². The van der Waals surface area contributed by atoms with Crippen LogP contribution in [0.5, 0.6) is 0 Å². The summed E-state index contributed by atoms with van der Waals surface area (Å²) in [6.07, 6.45) is 13.2. The van der Waals surface area contributed by atoms with Crippen molar-refractivity contribution in [2.24, 2.45) is 0 Å². The number of halogens is 2. The van der Waals surface area contributed by atoms with E-state index >= 15 is 4.39 Å². The number of hydrogen-bond acceptors (Lipinski definition) is 4. The lowest BCUT2D eigenvalue weighted by Crippen LogP contribution is -2.02. The number of imidazole rings is 1. The smallest absolute Gasteiger partial charge is 0.212 e. The zero-order chi connectivity index (χ0) is 22.2. The molecule has 0 aliphatic heterocycles. The number of carbonyl (C=O) groups excluding carboxylic acids is 1. The van der Waals surface area contributed by atoms with Gasteiger partial charge in [-0.25, -0.2) is 9.37 Å². The van der Waals surface area contributed by atoms with Crippen LogP contribution in [0.2, 0.25) is 5.02 Å². The van der Waals surface area contributed by atoms with Crippen LogP contribution in [-0.2, 0) is 4.79 Å². The summed E-state index contributed by atoms with van der Waals surface area (Å²) in [4.78, 5) is 19.3. The number of aromatic nitrogens is 6. The van der Waals surface area contributed by atoms with Gasteiger partial charge in [-0.1, -0.05) is 30.9 Å². The van der Waals surface area contributed by atoms with Crippen molar-refractivity contribution in [3.63, 3.8) is 0 Å². The normalized spacial score (nSPS) is 12.6. The lowest BCUT2D eigenvalue weighted by atomic mass is 10.1. The van der Waals surface area contributed by atoms with Crippen LogP contribution in [0.4, 0.5) is 10.2 Å². The van der Waals surface area contributed by atoms with Gasteiger partial charge in [-0.15, -0.1) is 0 Å². The second-order valence-electron chi connectivity index (χ2n) is 7.52. The predicted molar refractivity (Wildman–Crippen MR) is 121 cm³/mol. The highest BCUT2D eigenvalue weighted by molar-refractivity contribution is 6.35. The van der Waals surface area contributed by atoms with Crippen molar-refractivity contribution in [1.82, 2.24) is 29.1 Å². The minimum atomic E-state index is -0.575. The fourth-order valence-electron chi connectivity index (χ4n) is 3.45. The first-order chi connectivity index (χ1) is 15.6.